The summed E-state index contributed by atoms with van der Waals surface area (Å²) in [5, 5.41) is 0. The van der Waals surface area contributed by atoms with E-state index in [1.807, 2.05) is 12.1 Å². The first-order chi connectivity index (χ1) is 9.56. The first kappa shape index (κ1) is 14.8. The molecule has 0 aromatic heterocycles. The van der Waals surface area contributed by atoms with Gasteiger partial charge < -0.3 is 4.90 Å². The molecule has 0 radical (unpaired) electrons. The zero-order valence-corrected chi connectivity index (χ0v) is 12.7. The van der Waals surface area contributed by atoms with Crippen LogP contribution in [-0.4, -0.2) is 43.4 Å². The smallest absolute Gasteiger partial charge is 0.159 e. The van der Waals surface area contributed by atoms with Crippen molar-refractivity contribution in [3.63, 3.8) is 0 Å². The van der Waals surface area contributed by atoms with Gasteiger partial charge in [0, 0.05) is 44.0 Å². The van der Waals surface area contributed by atoms with E-state index in [-0.39, 0.29) is 5.78 Å². The lowest BCUT2D eigenvalue weighted by Gasteiger charge is -2.35. The maximum atomic E-state index is 11.3. The summed E-state index contributed by atoms with van der Waals surface area (Å²) in [6, 6.07) is 7.96. The topological polar surface area (TPSA) is 23.6 Å². The van der Waals surface area contributed by atoms with Crippen LogP contribution in [0.15, 0.2) is 35.9 Å². The van der Waals surface area contributed by atoms with Crippen molar-refractivity contribution in [1.29, 1.82) is 0 Å². The van der Waals surface area contributed by atoms with E-state index >= 15 is 0 Å². The Labute approximate surface area is 121 Å². The SMILES string of the molecule is CC(=O)c1ccc(N2CCN(CC=C(C)C)CC2)cc1. The number of piperazine rings is 1. The van der Waals surface area contributed by atoms with E-state index in [1.54, 1.807) is 6.92 Å². The van der Waals surface area contributed by atoms with E-state index in [2.05, 4.69) is 41.9 Å². The summed E-state index contributed by atoms with van der Waals surface area (Å²) in [5.41, 5.74) is 3.39. The molecule has 0 bridgehead atoms. The molecule has 20 heavy (non-hydrogen) atoms. The number of benzene rings is 1. The normalized spacial score (nSPS) is 16.1. The molecule has 108 valence electrons. The lowest BCUT2D eigenvalue weighted by molar-refractivity contribution is 0.101. The molecule has 1 saturated heterocycles. The second kappa shape index (κ2) is 6.71. The van der Waals surface area contributed by atoms with Crippen LogP contribution in [0.2, 0.25) is 0 Å². The minimum Gasteiger partial charge on any atom is -0.369 e. The van der Waals surface area contributed by atoms with Crippen LogP contribution in [0.4, 0.5) is 5.69 Å². The van der Waals surface area contributed by atoms with Crippen LogP contribution in [-0.2, 0) is 0 Å². The largest absolute Gasteiger partial charge is 0.369 e. The Morgan fingerprint density at radius 2 is 1.65 bits per heavy atom. The fraction of sp³-hybridized carbons (Fsp3) is 0.471. The number of rotatable bonds is 4. The first-order valence-corrected chi connectivity index (χ1v) is 7.28. The zero-order valence-electron chi connectivity index (χ0n) is 12.7. The molecule has 0 unspecified atom stereocenters. The minimum absolute atomic E-state index is 0.128. The van der Waals surface area contributed by atoms with Gasteiger partial charge in [0.1, 0.15) is 0 Å². The molecule has 0 amide bonds. The summed E-state index contributed by atoms with van der Waals surface area (Å²) in [5.74, 6) is 0.128. The summed E-state index contributed by atoms with van der Waals surface area (Å²) in [4.78, 5) is 16.1. The number of hydrogen-bond acceptors (Lipinski definition) is 3. The quantitative estimate of drug-likeness (QED) is 0.622. The molecule has 0 N–H and O–H groups in total. The van der Waals surface area contributed by atoms with E-state index in [4.69, 9.17) is 0 Å². The molecule has 1 aliphatic rings. The predicted molar refractivity (Wildman–Crippen MR) is 84.5 cm³/mol. The first-order valence-electron chi connectivity index (χ1n) is 7.28. The Morgan fingerprint density at radius 1 is 1.05 bits per heavy atom. The van der Waals surface area contributed by atoms with Crippen LogP contribution in [0.5, 0.6) is 0 Å². The summed E-state index contributed by atoms with van der Waals surface area (Å²) >= 11 is 0. The minimum atomic E-state index is 0.128. The number of allylic oxidation sites excluding steroid dienone is 1. The lowest BCUT2D eigenvalue weighted by Crippen LogP contribution is -2.46. The van der Waals surface area contributed by atoms with Crippen LogP contribution < -0.4 is 4.90 Å². The van der Waals surface area contributed by atoms with Crippen molar-refractivity contribution in [3.8, 4) is 0 Å². The van der Waals surface area contributed by atoms with Crippen LogP contribution in [0, 0.1) is 0 Å². The van der Waals surface area contributed by atoms with Crippen LogP contribution in [0.25, 0.3) is 0 Å². The van der Waals surface area contributed by atoms with Gasteiger partial charge in [-0.15, -0.1) is 0 Å². The monoisotopic (exact) mass is 272 g/mol. The van der Waals surface area contributed by atoms with Gasteiger partial charge in [-0.1, -0.05) is 11.6 Å². The molecule has 1 aromatic rings. The molecule has 1 aromatic carbocycles. The standard InChI is InChI=1S/C17H24N2O/c1-14(2)8-9-18-10-12-19(13-11-18)17-6-4-16(5-7-17)15(3)20/h4-8H,9-13H2,1-3H3. The second-order valence-corrected chi connectivity index (χ2v) is 5.67. The van der Waals surface area contributed by atoms with Gasteiger partial charge in [-0.2, -0.15) is 0 Å². The fourth-order valence-corrected chi connectivity index (χ4v) is 2.41. The van der Waals surface area contributed by atoms with Crippen LogP contribution in [0.1, 0.15) is 31.1 Å². The van der Waals surface area contributed by atoms with Gasteiger partial charge in [0.25, 0.3) is 0 Å². The molecule has 1 heterocycles. The Balaban J connectivity index is 1.90. The molecule has 3 nitrogen and oxygen atoms in total. The van der Waals surface area contributed by atoms with E-state index in [9.17, 15) is 4.79 Å². The molecular weight excluding hydrogens is 248 g/mol. The van der Waals surface area contributed by atoms with E-state index in [1.165, 1.54) is 11.3 Å². The number of hydrogen-bond donors (Lipinski definition) is 0. The van der Waals surface area contributed by atoms with Crippen molar-refractivity contribution in [1.82, 2.24) is 4.90 Å². The summed E-state index contributed by atoms with van der Waals surface area (Å²) in [7, 11) is 0. The van der Waals surface area contributed by atoms with Gasteiger partial charge in [0.2, 0.25) is 0 Å². The van der Waals surface area contributed by atoms with Crippen molar-refractivity contribution >= 4 is 11.5 Å². The average Bonchev–Trinajstić information content (AvgIpc) is 2.46. The summed E-state index contributed by atoms with van der Waals surface area (Å²) in [6.45, 7) is 11.2. The van der Waals surface area contributed by atoms with Crippen molar-refractivity contribution in [2.45, 2.75) is 20.8 Å². The highest BCUT2D eigenvalue weighted by molar-refractivity contribution is 5.94. The number of carbonyl (C=O) groups excluding carboxylic acids is 1. The Morgan fingerprint density at radius 3 is 2.15 bits per heavy atom. The van der Waals surface area contributed by atoms with Crippen molar-refractivity contribution in [2.24, 2.45) is 0 Å². The van der Waals surface area contributed by atoms with E-state index < -0.39 is 0 Å². The average molecular weight is 272 g/mol. The van der Waals surface area contributed by atoms with Crippen LogP contribution in [0.3, 0.4) is 0 Å². The van der Waals surface area contributed by atoms with Crippen molar-refractivity contribution in [2.75, 3.05) is 37.6 Å². The van der Waals surface area contributed by atoms with Gasteiger partial charge in [-0.05, 0) is 45.0 Å². The van der Waals surface area contributed by atoms with Gasteiger partial charge >= 0.3 is 0 Å². The lowest BCUT2D eigenvalue weighted by atomic mass is 10.1. The molecule has 3 heteroatoms. The molecular formula is C17H24N2O. The van der Waals surface area contributed by atoms with E-state index in [0.717, 1.165) is 38.3 Å². The molecule has 0 atom stereocenters. The highest BCUT2D eigenvalue weighted by atomic mass is 16.1. The second-order valence-electron chi connectivity index (χ2n) is 5.67. The van der Waals surface area contributed by atoms with Gasteiger partial charge in [0.15, 0.2) is 5.78 Å². The van der Waals surface area contributed by atoms with Crippen LogP contribution >= 0.6 is 0 Å². The third-order valence-corrected chi connectivity index (χ3v) is 3.77. The molecule has 2 rings (SSSR count). The summed E-state index contributed by atoms with van der Waals surface area (Å²) < 4.78 is 0. The third kappa shape index (κ3) is 3.94. The fourth-order valence-electron chi connectivity index (χ4n) is 2.41. The molecule has 0 spiro atoms. The number of Topliss-reactive ketones (excluding diaryl/α,β-unsaturated/α-hetero) is 1. The number of anilines is 1. The molecule has 0 aliphatic carbocycles. The highest BCUT2D eigenvalue weighted by Crippen LogP contribution is 2.17. The predicted octanol–water partition coefficient (Wildman–Crippen LogP) is 2.98. The highest BCUT2D eigenvalue weighted by Gasteiger charge is 2.16. The maximum Gasteiger partial charge on any atom is 0.159 e. The van der Waals surface area contributed by atoms with Gasteiger partial charge in [0.05, 0.1) is 0 Å². The number of nitrogens with zero attached hydrogens (tertiary/aromatic N) is 2. The van der Waals surface area contributed by atoms with Gasteiger partial charge in [-0.25, -0.2) is 0 Å². The third-order valence-electron chi connectivity index (χ3n) is 3.77. The Kier molecular flexibility index (Phi) is 4.96. The Hall–Kier alpha value is -1.61. The van der Waals surface area contributed by atoms with Gasteiger partial charge in [-0.3, -0.25) is 9.69 Å². The number of ketones is 1. The summed E-state index contributed by atoms with van der Waals surface area (Å²) in [6.07, 6.45) is 2.29. The molecule has 1 fully saturated rings. The van der Waals surface area contributed by atoms with Crippen molar-refractivity contribution in [3.05, 3.63) is 41.5 Å². The molecule has 1 aliphatic heterocycles. The number of carbonyl (C=O) groups is 1. The zero-order chi connectivity index (χ0) is 14.5. The van der Waals surface area contributed by atoms with Crippen molar-refractivity contribution < 1.29 is 4.79 Å². The van der Waals surface area contributed by atoms with E-state index in [0.29, 0.717) is 0 Å². The molecule has 0 saturated carbocycles. The Bertz CT molecular complexity index is 478. The maximum absolute atomic E-state index is 11.3.